The summed E-state index contributed by atoms with van der Waals surface area (Å²) in [5.41, 5.74) is 0.374. The van der Waals surface area contributed by atoms with Crippen LogP contribution in [-0.2, 0) is 0 Å². The van der Waals surface area contributed by atoms with Gasteiger partial charge in [-0.2, -0.15) is 0 Å². The Morgan fingerprint density at radius 3 is 3.00 bits per heavy atom. The number of hydrogen-bond acceptors (Lipinski definition) is 4. The van der Waals surface area contributed by atoms with Crippen LogP contribution in [0.15, 0.2) is 18.6 Å². The fraction of sp³-hybridized carbons (Fsp3) is 0.444. The monoisotopic (exact) mass is 228 g/mol. The zero-order valence-electron chi connectivity index (χ0n) is 8.14. The van der Waals surface area contributed by atoms with E-state index in [4.69, 9.17) is 0 Å². The van der Waals surface area contributed by atoms with Crippen LogP contribution in [0.3, 0.4) is 0 Å². The molecule has 0 aromatic carbocycles. The van der Waals surface area contributed by atoms with Gasteiger partial charge in [0.2, 0.25) is 0 Å². The predicted molar refractivity (Wildman–Crippen MR) is 58.0 cm³/mol. The van der Waals surface area contributed by atoms with E-state index in [0.717, 1.165) is 19.5 Å². The summed E-state index contributed by atoms with van der Waals surface area (Å²) in [6.07, 6.45) is 5.51. The molecule has 1 aromatic rings. The molecule has 0 aliphatic carbocycles. The Morgan fingerprint density at radius 1 is 1.53 bits per heavy atom. The molecular weight excluding hydrogens is 216 g/mol. The third-order valence-corrected chi connectivity index (χ3v) is 2.19. The van der Waals surface area contributed by atoms with Gasteiger partial charge in [0.25, 0.3) is 5.91 Å². The Hall–Kier alpha value is -1.20. The van der Waals surface area contributed by atoms with Crippen molar-refractivity contribution in [1.82, 2.24) is 20.6 Å². The van der Waals surface area contributed by atoms with Crippen LogP contribution in [0.4, 0.5) is 0 Å². The standard InChI is InChI=1S/C9H12N4O.ClH/c14-9(8-6-11-3-4-12-8)13-7-1-2-10-5-7;/h3-4,6-7,10H,1-2,5H2,(H,13,14);1H. The second-order valence-corrected chi connectivity index (χ2v) is 3.25. The van der Waals surface area contributed by atoms with Crippen molar-refractivity contribution in [2.24, 2.45) is 0 Å². The third-order valence-electron chi connectivity index (χ3n) is 2.19. The molecule has 1 atom stereocenters. The number of nitrogens with zero attached hydrogens (tertiary/aromatic N) is 2. The van der Waals surface area contributed by atoms with Gasteiger partial charge in [-0.15, -0.1) is 12.4 Å². The Labute approximate surface area is 94.1 Å². The van der Waals surface area contributed by atoms with Gasteiger partial charge in [-0.05, 0) is 13.0 Å². The quantitative estimate of drug-likeness (QED) is 0.747. The summed E-state index contributed by atoms with van der Waals surface area (Å²) >= 11 is 0. The van der Waals surface area contributed by atoms with E-state index in [2.05, 4.69) is 20.6 Å². The minimum atomic E-state index is -0.146. The van der Waals surface area contributed by atoms with Gasteiger partial charge >= 0.3 is 0 Å². The summed E-state index contributed by atoms with van der Waals surface area (Å²) in [6.45, 7) is 1.80. The van der Waals surface area contributed by atoms with Crippen molar-refractivity contribution >= 4 is 18.3 Å². The topological polar surface area (TPSA) is 66.9 Å². The molecule has 1 amide bonds. The van der Waals surface area contributed by atoms with Crippen LogP contribution in [0.2, 0.25) is 0 Å². The molecule has 0 radical (unpaired) electrons. The van der Waals surface area contributed by atoms with E-state index >= 15 is 0 Å². The molecule has 1 unspecified atom stereocenters. The van der Waals surface area contributed by atoms with Gasteiger partial charge in [0.15, 0.2) is 0 Å². The molecule has 0 spiro atoms. The average Bonchev–Trinajstić information content (AvgIpc) is 2.72. The highest BCUT2D eigenvalue weighted by Gasteiger charge is 2.17. The first kappa shape index (κ1) is 11.9. The molecule has 2 rings (SSSR count). The van der Waals surface area contributed by atoms with Crippen molar-refractivity contribution in [1.29, 1.82) is 0 Å². The molecule has 0 bridgehead atoms. The zero-order chi connectivity index (χ0) is 9.80. The maximum absolute atomic E-state index is 11.6. The predicted octanol–water partition coefficient (Wildman–Crippen LogP) is -0.00990. The van der Waals surface area contributed by atoms with E-state index in [0.29, 0.717) is 5.69 Å². The minimum absolute atomic E-state index is 0. The molecule has 2 N–H and O–H groups in total. The highest BCUT2D eigenvalue weighted by molar-refractivity contribution is 5.92. The second-order valence-electron chi connectivity index (χ2n) is 3.25. The van der Waals surface area contributed by atoms with Gasteiger partial charge < -0.3 is 10.6 Å². The normalized spacial score (nSPS) is 19.3. The number of hydrogen-bond donors (Lipinski definition) is 2. The summed E-state index contributed by atoms with van der Waals surface area (Å²) in [5, 5.41) is 6.07. The van der Waals surface area contributed by atoms with Crippen LogP contribution in [0.5, 0.6) is 0 Å². The van der Waals surface area contributed by atoms with Crippen molar-refractivity contribution in [2.45, 2.75) is 12.5 Å². The summed E-state index contributed by atoms with van der Waals surface area (Å²) in [4.78, 5) is 19.3. The van der Waals surface area contributed by atoms with Crippen LogP contribution < -0.4 is 10.6 Å². The lowest BCUT2D eigenvalue weighted by Gasteiger charge is -2.09. The van der Waals surface area contributed by atoms with Crippen LogP contribution in [-0.4, -0.2) is 35.0 Å². The lowest BCUT2D eigenvalue weighted by Crippen LogP contribution is -2.36. The van der Waals surface area contributed by atoms with Crippen LogP contribution in [0.1, 0.15) is 16.9 Å². The lowest BCUT2D eigenvalue weighted by molar-refractivity contribution is 0.0934. The van der Waals surface area contributed by atoms with Crippen molar-refractivity contribution in [3.05, 3.63) is 24.3 Å². The molecule has 1 saturated heterocycles. The van der Waals surface area contributed by atoms with Crippen LogP contribution >= 0.6 is 12.4 Å². The summed E-state index contributed by atoms with van der Waals surface area (Å²) in [7, 11) is 0. The average molecular weight is 229 g/mol. The number of rotatable bonds is 2. The van der Waals surface area contributed by atoms with Gasteiger partial charge in [0.05, 0.1) is 6.20 Å². The molecule has 1 aromatic heterocycles. The van der Waals surface area contributed by atoms with E-state index in [-0.39, 0.29) is 24.4 Å². The number of carbonyl (C=O) groups is 1. The Balaban J connectivity index is 0.00000112. The Kier molecular flexibility index (Phi) is 4.45. The van der Waals surface area contributed by atoms with E-state index in [9.17, 15) is 4.79 Å². The molecule has 1 fully saturated rings. The van der Waals surface area contributed by atoms with Crippen molar-refractivity contribution in [3.8, 4) is 0 Å². The lowest BCUT2D eigenvalue weighted by atomic mass is 10.2. The van der Waals surface area contributed by atoms with Crippen molar-refractivity contribution < 1.29 is 4.79 Å². The Morgan fingerprint density at radius 2 is 2.40 bits per heavy atom. The summed E-state index contributed by atoms with van der Waals surface area (Å²) in [6, 6.07) is 0.226. The molecule has 1 aliphatic heterocycles. The van der Waals surface area contributed by atoms with Gasteiger partial charge in [-0.3, -0.25) is 9.78 Å². The molecule has 2 heterocycles. The summed E-state index contributed by atoms with van der Waals surface area (Å²) < 4.78 is 0. The van der Waals surface area contributed by atoms with Crippen LogP contribution in [0.25, 0.3) is 0 Å². The SMILES string of the molecule is Cl.O=C(NC1CCNC1)c1cnccn1. The molecular formula is C9H13ClN4O. The fourth-order valence-electron chi connectivity index (χ4n) is 1.45. The van der Waals surface area contributed by atoms with Gasteiger partial charge in [0.1, 0.15) is 5.69 Å². The van der Waals surface area contributed by atoms with E-state index < -0.39 is 0 Å². The maximum Gasteiger partial charge on any atom is 0.271 e. The molecule has 15 heavy (non-hydrogen) atoms. The maximum atomic E-state index is 11.6. The largest absolute Gasteiger partial charge is 0.347 e. The Bertz CT molecular complexity index is 313. The number of carbonyl (C=O) groups excluding carboxylic acids is 1. The summed E-state index contributed by atoms with van der Waals surface area (Å²) in [5.74, 6) is -0.146. The first-order valence-electron chi connectivity index (χ1n) is 4.64. The number of amides is 1. The smallest absolute Gasteiger partial charge is 0.271 e. The van der Waals surface area contributed by atoms with Crippen LogP contribution in [0, 0.1) is 0 Å². The number of halogens is 1. The highest BCUT2D eigenvalue weighted by atomic mass is 35.5. The highest BCUT2D eigenvalue weighted by Crippen LogP contribution is 1.99. The molecule has 0 saturated carbocycles. The molecule has 5 nitrogen and oxygen atoms in total. The zero-order valence-corrected chi connectivity index (χ0v) is 8.96. The first-order chi connectivity index (χ1) is 6.86. The van der Waals surface area contributed by atoms with E-state index in [1.165, 1.54) is 12.4 Å². The van der Waals surface area contributed by atoms with Gasteiger partial charge in [0, 0.05) is 25.0 Å². The van der Waals surface area contributed by atoms with E-state index in [1.807, 2.05) is 0 Å². The molecule has 1 aliphatic rings. The van der Waals surface area contributed by atoms with E-state index in [1.54, 1.807) is 6.20 Å². The fourth-order valence-corrected chi connectivity index (χ4v) is 1.45. The van der Waals surface area contributed by atoms with Crippen molar-refractivity contribution in [2.75, 3.05) is 13.1 Å². The number of nitrogens with one attached hydrogen (secondary N) is 2. The first-order valence-corrected chi connectivity index (χ1v) is 4.64. The second kappa shape index (κ2) is 5.63. The molecule has 82 valence electrons. The third kappa shape index (κ3) is 3.14. The molecule has 6 heteroatoms. The van der Waals surface area contributed by atoms with Gasteiger partial charge in [-0.1, -0.05) is 0 Å². The number of aromatic nitrogens is 2. The van der Waals surface area contributed by atoms with Gasteiger partial charge in [-0.25, -0.2) is 4.98 Å². The van der Waals surface area contributed by atoms with Crippen molar-refractivity contribution in [3.63, 3.8) is 0 Å². The minimum Gasteiger partial charge on any atom is -0.347 e.